The van der Waals surface area contributed by atoms with E-state index < -0.39 is 5.91 Å². The van der Waals surface area contributed by atoms with E-state index in [1.807, 2.05) is 30.3 Å². The highest BCUT2D eigenvalue weighted by atomic mass is 16.2. The normalized spacial score (nSPS) is 18.4. The van der Waals surface area contributed by atoms with Gasteiger partial charge in [-0.15, -0.1) is 0 Å². The molecule has 1 atom stereocenters. The van der Waals surface area contributed by atoms with Crippen LogP contribution in [0.25, 0.3) is 10.8 Å². The molecule has 108 valence electrons. The Labute approximate surface area is 122 Å². The quantitative estimate of drug-likeness (QED) is 0.913. The first kappa shape index (κ1) is 13.5. The van der Waals surface area contributed by atoms with Crippen molar-refractivity contribution in [2.75, 3.05) is 13.1 Å². The lowest BCUT2D eigenvalue weighted by Gasteiger charge is -2.16. The Bertz CT molecular complexity index is 693. The van der Waals surface area contributed by atoms with Crippen LogP contribution in [0.5, 0.6) is 0 Å². The van der Waals surface area contributed by atoms with Gasteiger partial charge in [-0.1, -0.05) is 24.3 Å². The van der Waals surface area contributed by atoms with E-state index in [0.29, 0.717) is 19.5 Å². The first-order chi connectivity index (χ1) is 10.1. The number of hydrogen-bond acceptors (Lipinski definition) is 3. The fraction of sp³-hybridized carbons (Fsp3) is 0.312. The van der Waals surface area contributed by atoms with E-state index in [4.69, 9.17) is 5.73 Å². The van der Waals surface area contributed by atoms with Crippen molar-refractivity contribution in [3.8, 4) is 0 Å². The fourth-order valence-electron chi connectivity index (χ4n) is 2.80. The monoisotopic (exact) mass is 283 g/mol. The molecule has 1 unspecified atom stereocenters. The number of nitrogens with zero attached hydrogens (tertiary/aromatic N) is 2. The molecule has 5 heteroatoms. The molecule has 2 heterocycles. The Morgan fingerprint density at radius 3 is 2.90 bits per heavy atom. The van der Waals surface area contributed by atoms with Gasteiger partial charge >= 0.3 is 0 Å². The molecule has 3 rings (SSSR count). The van der Waals surface area contributed by atoms with Crippen LogP contribution >= 0.6 is 0 Å². The van der Waals surface area contributed by atoms with E-state index in [2.05, 4.69) is 4.98 Å². The number of rotatable bonds is 4. The maximum atomic E-state index is 11.9. The number of nitrogens with two attached hydrogens (primary N) is 1. The Morgan fingerprint density at radius 1 is 1.33 bits per heavy atom. The molecule has 1 aromatic heterocycles. The van der Waals surface area contributed by atoms with Crippen LogP contribution in [0.4, 0.5) is 0 Å². The topological polar surface area (TPSA) is 76.3 Å². The summed E-state index contributed by atoms with van der Waals surface area (Å²) in [5, 5.41) is 2.25. The first-order valence-corrected chi connectivity index (χ1v) is 7.05. The molecule has 0 radical (unpaired) electrons. The Balaban J connectivity index is 1.73. The van der Waals surface area contributed by atoms with Crippen molar-refractivity contribution >= 4 is 22.6 Å². The van der Waals surface area contributed by atoms with Crippen LogP contribution in [0, 0.1) is 5.92 Å². The van der Waals surface area contributed by atoms with Gasteiger partial charge in [0.05, 0.1) is 5.92 Å². The number of likely N-dealkylation sites (tertiary alicyclic amines) is 1. The number of hydrogen-bond donors (Lipinski definition) is 1. The van der Waals surface area contributed by atoms with Gasteiger partial charge in [0.15, 0.2) is 0 Å². The predicted octanol–water partition coefficient (Wildman–Crippen LogP) is 1.11. The van der Waals surface area contributed by atoms with Gasteiger partial charge in [0.1, 0.15) is 0 Å². The summed E-state index contributed by atoms with van der Waals surface area (Å²) < 4.78 is 0. The molecule has 1 aliphatic rings. The molecule has 1 aromatic carbocycles. The highest BCUT2D eigenvalue weighted by molar-refractivity contribution is 5.88. The molecule has 2 amide bonds. The van der Waals surface area contributed by atoms with Crippen molar-refractivity contribution in [1.29, 1.82) is 0 Å². The lowest BCUT2D eigenvalue weighted by Crippen LogP contribution is -2.30. The zero-order valence-corrected chi connectivity index (χ0v) is 11.7. The molecule has 5 nitrogen and oxygen atoms in total. The lowest BCUT2D eigenvalue weighted by atomic mass is 10.1. The molecule has 0 bridgehead atoms. The molecule has 2 aromatic rings. The summed E-state index contributed by atoms with van der Waals surface area (Å²) in [5.41, 5.74) is 6.25. The number of pyridine rings is 1. The van der Waals surface area contributed by atoms with Crippen LogP contribution in [-0.4, -0.2) is 34.8 Å². The number of amides is 2. The van der Waals surface area contributed by atoms with Crippen molar-refractivity contribution in [2.45, 2.75) is 12.8 Å². The molecular weight excluding hydrogens is 266 g/mol. The van der Waals surface area contributed by atoms with Gasteiger partial charge in [-0.2, -0.15) is 0 Å². The lowest BCUT2D eigenvalue weighted by molar-refractivity contribution is -0.128. The number of carbonyl (C=O) groups is 2. The summed E-state index contributed by atoms with van der Waals surface area (Å²) in [7, 11) is 0. The highest BCUT2D eigenvalue weighted by Crippen LogP contribution is 2.20. The molecule has 1 fully saturated rings. The minimum absolute atomic E-state index is 0.000892. The second-order valence-electron chi connectivity index (χ2n) is 5.37. The van der Waals surface area contributed by atoms with Crippen LogP contribution in [0.1, 0.15) is 12.1 Å². The SMILES string of the molecule is NC(=O)C1CC(=O)N(CCc2nccc3ccccc23)C1. The molecule has 1 saturated heterocycles. The summed E-state index contributed by atoms with van der Waals surface area (Å²) in [6, 6.07) is 10.0. The number of aromatic nitrogens is 1. The number of benzene rings is 1. The Hall–Kier alpha value is -2.43. The minimum Gasteiger partial charge on any atom is -0.369 e. The van der Waals surface area contributed by atoms with E-state index in [0.717, 1.165) is 16.5 Å². The van der Waals surface area contributed by atoms with Crippen LogP contribution in [0.15, 0.2) is 36.5 Å². The minimum atomic E-state index is -0.394. The Kier molecular flexibility index (Phi) is 3.56. The third-order valence-electron chi connectivity index (χ3n) is 3.99. The average Bonchev–Trinajstić information content (AvgIpc) is 2.86. The van der Waals surface area contributed by atoms with Crippen LogP contribution < -0.4 is 5.73 Å². The van der Waals surface area contributed by atoms with Gasteiger partial charge in [0.25, 0.3) is 0 Å². The third kappa shape index (κ3) is 2.72. The highest BCUT2D eigenvalue weighted by Gasteiger charge is 2.32. The number of primary amides is 1. The smallest absolute Gasteiger partial charge is 0.223 e. The van der Waals surface area contributed by atoms with E-state index in [1.54, 1.807) is 11.1 Å². The molecule has 21 heavy (non-hydrogen) atoms. The summed E-state index contributed by atoms with van der Waals surface area (Å²) in [6.45, 7) is 1.00. The van der Waals surface area contributed by atoms with E-state index in [1.165, 1.54) is 0 Å². The van der Waals surface area contributed by atoms with Gasteiger partial charge in [0.2, 0.25) is 11.8 Å². The fourth-order valence-corrected chi connectivity index (χ4v) is 2.80. The van der Waals surface area contributed by atoms with Crippen molar-refractivity contribution in [3.63, 3.8) is 0 Å². The van der Waals surface area contributed by atoms with Crippen molar-refractivity contribution < 1.29 is 9.59 Å². The van der Waals surface area contributed by atoms with Crippen molar-refractivity contribution in [2.24, 2.45) is 11.7 Å². The molecule has 1 aliphatic heterocycles. The maximum absolute atomic E-state index is 11.9. The van der Waals surface area contributed by atoms with Gasteiger partial charge in [-0.3, -0.25) is 14.6 Å². The van der Waals surface area contributed by atoms with Crippen molar-refractivity contribution in [3.05, 3.63) is 42.2 Å². The second-order valence-corrected chi connectivity index (χ2v) is 5.37. The maximum Gasteiger partial charge on any atom is 0.223 e. The van der Waals surface area contributed by atoms with E-state index in [-0.39, 0.29) is 18.2 Å². The van der Waals surface area contributed by atoms with Gasteiger partial charge in [0, 0.05) is 43.2 Å². The predicted molar refractivity (Wildman–Crippen MR) is 79.3 cm³/mol. The first-order valence-electron chi connectivity index (χ1n) is 7.05. The van der Waals surface area contributed by atoms with Crippen molar-refractivity contribution in [1.82, 2.24) is 9.88 Å². The standard InChI is InChI=1S/C16H17N3O2/c17-16(21)12-9-15(20)19(10-12)8-6-14-13-4-2-1-3-11(13)5-7-18-14/h1-5,7,12H,6,8-10H2,(H2,17,21). The summed E-state index contributed by atoms with van der Waals surface area (Å²) in [6.07, 6.45) is 2.70. The molecule has 0 spiro atoms. The molecule has 0 aliphatic carbocycles. The largest absolute Gasteiger partial charge is 0.369 e. The Morgan fingerprint density at radius 2 is 2.14 bits per heavy atom. The average molecular weight is 283 g/mol. The van der Waals surface area contributed by atoms with Crippen LogP contribution in [0.2, 0.25) is 0 Å². The van der Waals surface area contributed by atoms with Crippen LogP contribution in [-0.2, 0) is 16.0 Å². The molecular formula is C16H17N3O2. The van der Waals surface area contributed by atoms with Gasteiger partial charge in [-0.25, -0.2) is 0 Å². The molecule has 0 saturated carbocycles. The second kappa shape index (κ2) is 5.52. The van der Waals surface area contributed by atoms with E-state index in [9.17, 15) is 9.59 Å². The zero-order chi connectivity index (χ0) is 14.8. The number of fused-ring (bicyclic) bond motifs is 1. The molecule has 2 N–H and O–H groups in total. The zero-order valence-electron chi connectivity index (χ0n) is 11.7. The summed E-state index contributed by atoms with van der Waals surface area (Å²) >= 11 is 0. The van der Waals surface area contributed by atoms with Crippen LogP contribution in [0.3, 0.4) is 0 Å². The summed E-state index contributed by atoms with van der Waals surface area (Å²) in [4.78, 5) is 29.2. The number of carbonyl (C=O) groups excluding carboxylic acids is 2. The van der Waals surface area contributed by atoms with Gasteiger partial charge in [-0.05, 0) is 11.5 Å². The van der Waals surface area contributed by atoms with Gasteiger partial charge < -0.3 is 10.6 Å². The van der Waals surface area contributed by atoms with E-state index >= 15 is 0 Å². The summed E-state index contributed by atoms with van der Waals surface area (Å²) in [5.74, 6) is -0.744. The third-order valence-corrected chi connectivity index (χ3v) is 3.99.